The van der Waals surface area contributed by atoms with Crippen molar-refractivity contribution in [2.75, 3.05) is 7.11 Å². The topological polar surface area (TPSA) is 95.4 Å². The minimum Gasteiger partial charge on any atom is -0.481 e. The number of halogens is 3. The first-order valence-electron chi connectivity index (χ1n) is 9.23. The van der Waals surface area contributed by atoms with E-state index in [1.165, 1.54) is 0 Å². The van der Waals surface area contributed by atoms with Crippen LogP contribution in [0.1, 0.15) is 30.7 Å². The van der Waals surface area contributed by atoms with Crippen LogP contribution in [-0.4, -0.2) is 39.0 Å². The van der Waals surface area contributed by atoms with E-state index in [0.29, 0.717) is 5.88 Å². The Labute approximate surface area is 172 Å². The van der Waals surface area contributed by atoms with Crippen molar-refractivity contribution in [3.8, 4) is 17.3 Å². The summed E-state index contributed by atoms with van der Waals surface area (Å²) in [5.41, 5.74) is 8.63. The van der Waals surface area contributed by atoms with E-state index in [2.05, 4.69) is 20.7 Å². The van der Waals surface area contributed by atoms with Crippen molar-refractivity contribution >= 4 is 12.1 Å². The SMILES string of the molecule is COc1cccc(-c2cc(C)n3cnc(C)c3n2)n1.FC(F)(F)CC1CC1.NC=O. The van der Waals surface area contributed by atoms with Crippen LogP contribution in [-0.2, 0) is 4.79 Å². The summed E-state index contributed by atoms with van der Waals surface area (Å²) in [6, 6.07) is 7.65. The molecule has 0 unspecified atom stereocenters. The van der Waals surface area contributed by atoms with Gasteiger partial charge in [0.25, 0.3) is 0 Å². The average Bonchev–Trinajstić information content (AvgIpc) is 3.41. The highest BCUT2D eigenvalue weighted by atomic mass is 19.4. The van der Waals surface area contributed by atoms with E-state index in [9.17, 15) is 13.2 Å². The number of alkyl halides is 3. The van der Waals surface area contributed by atoms with Crippen molar-refractivity contribution < 1.29 is 22.7 Å². The summed E-state index contributed by atoms with van der Waals surface area (Å²) in [5.74, 6) is 0.553. The lowest BCUT2D eigenvalue weighted by atomic mass is 10.2. The highest BCUT2D eigenvalue weighted by Crippen LogP contribution is 2.39. The number of methoxy groups -OCH3 is 1. The molecule has 1 saturated carbocycles. The number of amides is 1. The molecule has 1 aliphatic carbocycles. The van der Waals surface area contributed by atoms with Gasteiger partial charge < -0.3 is 10.5 Å². The summed E-state index contributed by atoms with van der Waals surface area (Å²) in [5, 5.41) is 0. The van der Waals surface area contributed by atoms with Gasteiger partial charge in [-0.15, -0.1) is 0 Å². The lowest BCUT2D eigenvalue weighted by molar-refractivity contribution is -0.138. The van der Waals surface area contributed by atoms with Gasteiger partial charge in [-0.25, -0.2) is 15.0 Å². The Balaban J connectivity index is 0.000000243. The van der Waals surface area contributed by atoms with E-state index in [4.69, 9.17) is 9.53 Å². The number of pyridine rings is 1. The van der Waals surface area contributed by atoms with E-state index < -0.39 is 12.6 Å². The van der Waals surface area contributed by atoms with Gasteiger partial charge in [0.05, 0.1) is 24.2 Å². The molecular weight excluding hydrogens is 399 g/mol. The van der Waals surface area contributed by atoms with Gasteiger partial charge in [-0.05, 0) is 44.7 Å². The van der Waals surface area contributed by atoms with Crippen LogP contribution in [0.5, 0.6) is 5.88 Å². The van der Waals surface area contributed by atoms with E-state index in [0.717, 1.165) is 41.3 Å². The molecule has 1 aliphatic rings. The molecule has 10 heteroatoms. The standard InChI is InChI=1S/C14H14N4O.C5H7F3.CH3NO/c1-9-7-12(11-5-4-6-13(16-11)19-3)17-14-10(2)15-8-18(9)14;6-5(7,8)3-4-1-2-4;2-1-3/h4-8H,1-3H3;4H,1-3H2;1H,(H2,2,3). The molecule has 0 aliphatic heterocycles. The van der Waals surface area contributed by atoms with Gasteiger partial charge in [-0.1, -0.05) is 6.07 Å². The van der Waals surface area contributed by atoms with Crippen LogP contribution in [0.25, 0.3) is 17.0 Å². The summed E-state index contributed by atoms with van der Waals surface area (Å²) >= 11 is 0. The van der Waals surface area contributed by atoms with Crippen LogP contribution in [0, 0.1) is 19.8 Å². The van der Waals surface area contributed by atoms with Crippen LogP contribution in [0.15, 0.2) is 30.6 Å². The molecule has 3 aromatic heterocycles. The number of fused-ring (bicyclic) bond motifs is 1. The number of ether oxygens (including phenoxy) is 1. The summed E-state index contributed by atoms with van der Waals surface area (Å²) in [6.45, 7) is 3.98. The molecule has 2 N–H and O–H groups in total. The molecule has 0 spiro atoms. The highest BCUT2D eigenvalue weighted by molar-refractivity contribution is 5.60. The molecule has 3 heterocycles. The lowest BCUT2D eigenvalue weighted by Crippen LogP contribution is -2.07. The number of aryl methyl sites for hydroxylation is 2. The van der Waals surface area contributed by atoms with Gasteiger partial charge in [0.15, 0.2) is 5.65 Å². The third-order valence-electron chi connectivity index (χ3n) is 4.28. The second-order valence-electron chi connectivity index (χ2n) is 6.77. The maximum absolute atomic E-state index is 11.3. The fourth-order valence-electron chi connectivity index (χ4n) is 2.69. The maximum Gasteiger partial charge on any atom is 0.389 e. The minimum atomic E-state index is -3.92. The van der Waals surface area contributed by atoms with Crippen LogP contribution in [0.3, 0.4) is 0 Å². The summed E-state index contributed by atoms with van der Waals surface area (Å²) in [6.07, 6.45) is -0.886. The maximum atomic E-state index is 11.3. The number of nitrogens with two attached hydrogens (primary N) is 1. The fraction of sp³-hybridized carbons (Fsp3) is 0.400. The molecule has 0 radical (unpaired) electrons. The molecule has 0 saturated heterocycles. The Hall–Kier alpha value is -3.17. The van der Waals surface area contributed by atoms with Gasteiger partial charge in [0.1, 0.15) is 6.33 Å². The van der Waals surface area contributed by atoms with Crippen molar-refractivity contribution in [1.29, 1.82) is 0 Å². The van der Waals surface area contributed by atoms with Crippen molar-refractivity contribution in [3.63, 3.8) is 0 Å². The van der Waals surface area contributed by atoms with Gasteiger partial charge in [0, 0.05) is 18.2 Å². The first-order chi connectivity index (χ1) is 14.2. The number of hydrogen-bond acceptors (Lipinski definition) is 5. The Morgan fingerprint density at radius 2 is 1.90 bits per heavy atom. The zero-order valence-corrected chi connectivity index (χ0v) is 17.0. The molecule has 3 aromatic rings. The predicted molar refractivity (Wildman–Crippen MR) is 106 cm³/mol. The highest BCUT2D eigenvalue weighted by Gasteiger charge is 2.36. The molecule has 0 atom stereocenters. The van der Waals surface area contributed by atoms with Crippen molar-refractivity contribution in [1.82, 2.24) is 19.4 Å². The zero-order chi connectivity index (χ0) is 22.3. The van der Waals surface area contributed by atoms with Gasteiger partial charge in [-0.2, -0.15) is 13.2 Å². The van der Waals surface area contributed by atoms with E-state index in [1.54, 1.807) is 13.4 Å². The monoisotopic (exact) mass is 423 g/mol. The Kier molecular flexibility index (Phi) is 7.73. The third-order valence-corrected chi connectivity index (χ3v) is 4.28. The first-order valence-corrected chi connectivity index (χ1v) is 9.23. The Morgan fingerprint density at radius 3 is 2.43 bits per heavy atom. The van der Waals surface area contributed by atoms with E-state index in [-0.39, 0.29) is 12.3 Å². The number of nitrogens with zero attached hydrogens (tertiary/aromatic N) is 4. The quantitative estimate of drug-likeness (QED) is 0.646. The Bertz CT molecular complexity index is 984. The number of imidazole rings is 1. The molecule has 4 rings (SSSR count). The van der Waals surface area contributed by atoms with E-state index in [1.807, 2.05) is 42.5 Å². The van der Waals surface area contributed by atoms with Gasteiger partial charge >= 0.3 is 6.18 Å². The minimum absolute atomic E-state index is 0.0324. The summed E-state index contributed by atoms with van der Waals surface area (Å²) in [7, 11) is 1.61. The largest absolute Gasteiger partial charge is 0.481 e. The van der Waals surface area contributed by atoms with E-state index >= 15 is 0 Å². The second kappa shape index (κ2) is 10.0. The normalized spacial score (nSPS) is 13.0. The lowest BCUT2D eigenvalue weighted by Gasteiger charge is -2.06. The molecule has 0 bridgehead atoms. The van der Waals surface area contributed by atoms with Crippen molar-refractivity contribution in [2.45, 2.75) is 39.3 Å². The van der Waals surface area contributed by atoms with Crippen LogP contribution in [0.2, 0.25) is 0 Å². The first kappa shape index (κ1) is 23.1. The van der Waals surface area contributed by atoms with Gasteiger partial charge in [-0.3, -0.25) is 9.20 Å². The molecule has 162 valence electrons. The van der Waals surface area contributed by atoms with Crippen molar-refractivity contribution in [2.24, 2.45) is 11.7 Å². The summed E-state index contributed by atoms with van der Waals surface area (Å²) in [4.78, 5) is 21.9. The number of primary amides is 1. The zero-order valence-electron chi connectivity index (χ0n) is 17.0. The molecule has 1 fully saturated rings. The van der Waals surface area contributed by atoms with Crippen LogP contribution < -0.4 is 10.5 Å². The fourth-order valence-corrected chi connectivity index (χ4v) is 2.69. The number of hydrogen-bond donors (Lipinski definition) is 1. The molecule has 1 amide bonds. The summed E-state index contributed by atoms with van der Waals surface area (Å²) < 4.78 is 41.2. The number of aromatic nitrogens is 4. The van der Waals surface area contributed by atoms with Crippen LogP contribution in [0.4, 0.5) is 13.2 Å². The van der Waals surface area contributed by atoms with Gasteiger partial charge in [0.2, 0.25) is 12.3 Å². The number of rotatable bonds is 3. The molecular formula is C20H24F3N5O2. The van der Waals surface area contributed by atoms with Crippen LogP contribution >= 0.6 is 0 Å². The number of carbonyl (C=O) groups is 1. The average molecular weight is 423 g/mol. The molecule has 7 nitrogen and oxygen atoms in total. The second-order valence-corrected chi connectivity index (χ2v) is 6.77. The predicted octanol–water partition coefficient (Wildman–Crippen LogP) is 3.87. The molecule has 30 heavy (non-hydrogen) atoms. The Morgan fingerprint density at radius 1 is 1.23 bits per heavy atom. The molecule has 0 aromatic carbocycles. The number of carbonyl (C=O) groups excluding carboxylic acids is 1. The smallest absolute Gasteiger partial charge is 0.389 e. The third kappa shape index (κ3) is 6.71. The van der Waals surface area contributed by atoms with Crippen molar-refractivity contribution in [3.05, 3.63) is 42.0 Å².